The Balaban J connectivity index is 1.78. The lowest BCUT2D eigenvalue weighted by molar-refractivity contribution is -0.121. The van der Waals surface area contributed by atoms with Crippen LogP contribution in [0.1, 0.15) is 24.9 Å². The Morgan fingerprint density at radius 2 is 1.91 bits per heavy atom. The van der Waals surface area contributed by atoms with Gasteiger partial charge in [0.05, 0.1) is 11.1 Å². The van der Waals surface area contributed by atoms with Gasteiger partial charge in [0.15, 0.2) is 0 Å². The summed E-state index contributed by atoms with van der Waals surface area (Å²) in [5.41, 5.74) is 0.883. The Hall–Kier alpha value is -1.52. The maximum absolute atomic E-state index is 12.9. The van der Waals surface area contributed by atoms with Crippen molar-refractivity contribution in [3.05, 3.63) is 64.9 Å². The molecule has 0 aromatic heterocycles. The highest BCUT2D eigenvalue weighted by atomic mass is 35.5. The minimum Gasteiger partial charge on any atom is -0.350 e. The Labute approximate surface area is 139 Å². The van der Waals surface area contributed by atoms with Gasteiger partial charge < -0.3 is 5.32 Å². The van der Waals surface area contributed by atoms with Crippen LogP contribution in [0.4, 0.5) is 4.39 Å². The largest absolute Gasteiger partial charge is 0.350 e. The summed E-state index contributed by atoms with van der Waals surface area (Å²) >= 11 is 7.62. The summed E-state index contributed by atoms with van der Waals surface area (Å²) in [6.45, 7) is 1.88. The first kappa shape index (κ1) is 16.8. The molecule has 22 heavy (non-hydrogen) atoms. The zero-order chi connectivity index (χ0) is 15.9. The molecule has 2 rings (SSSR count). The fourth-order valence-electron chi connectivity index (χ4n) is 1.96. The van der Waals surface area contributed by atoms with Crippen LogP contribution < -0.4 is 5.32 Å². The summed E-state index contributed by atoms with van der Waals surface area (Å²) in [5.74, 6) is 0.348. The van der Waals surface area contributed by atoms with Crippen LogP contribution in [0, 0.1) is 5.82 Å². The lowest BCUT2D eigenvalue weighted by Gasteiger charge is -2.14. The van der Waals surface area contributed by atoms with E-state index >= 15 is 0 Å². The molecule has 0 saturated carbocycles. The highest BCUT2D eigenvalue weighted by molar-refractivity contribution is 7.99. The molecular weight excluding hydrogens is 321 g/mol. The van der Waals surface area contributed by atoms with Crippen LogP contribution in [0.2, 0.25) is 5.02 Å². The van der Waals surface area contributed by atoms with Crippen molar-refractivity contribution >= 4 is 29.3 Å². The van der Waals surface area contributed by atoms with E-state index in [1.807, 2.05) is 31.2 Å². The topological polar surface area (TPSA) is 29.1 Å². The molecule has 1 unspecified atom stereocenters. The summed E-state index contributed by atoms with van der Waals surface area (Å²) in [5, 5.41) is 3.61. The summed E-state index contributed by atoms with van der Waals surface area (Å²) in [6, 6.07) is 13.6. The smallest absolute Gasteiger partial charge is 0.221 e. The fourth-order valence-corrected chi connectivity index (χ4v) is 3.15. The molecule has 0 aliphatic carbocycles. The van der Waals surface area contributed by atoms with E-state index in [0.29, 0.717) is 17.2 Å². The molecule has 1 amide bonds. The molecule has 0 bridgehead atoms. The molecule has 0 saturated heterocycles. The van der Waals surface area contributed by atoms with Crippen molar-refractivity contribution in [3.8, 4) is 0 Å². The first-order valence-electron chi connectivity index (χ1n) is 6.98. The number of carbonyl (C=O) groups excluding carboxylic acids is 1. The van der Waals surface area contributed by atoms with E-state index in [1.165, 1.54) is 12.1 Å². The Bertz CT molecular complexity index is 633. The molecule has 116 valence electrons. The molecule has 0 spiro atoms. The molecule has 0 heterocycles. The van der Waals surface area contributed by atoms with Gasteiger partial charge in [-0.3, -0.25) is 4.79 Å². The molecule has 2 nitrogen and oxygen atoms in total. The van der Waals surface area contributed by atoms with E-state index in [4.69, 9.17) is 11.6 Å². The molecule has 0 fully saturated rings. The molecule has 2 aromatic rings. The van der Waals surface area contributed by atoms with Gasteiger partial charge in [0.25, 0.3) is 0 Å². The maximum Gasteiger partial charge on any atom is 0.221 e. The molecule has 1 atom stereocenters. The zero-order valence-electron chi connectivity index (χ0n) is 12.2. The fraction of sp³-hybridized carbons (Fsp3) is 0.235. The monoisotopic (exact) mass is 337 g/mol. The number of benzene rings is 2. The van der Waals surface area contributed by atoms with E-state index < -0.39 is 0 Å². The van der Waals surface area contributed by atoms with Crippen molar-refractivity contribution < 1.29 is 9.18 Å². The van der Waals surface area contributed by atoms with Crippen molar-refractivity contribution in [2.24, 2.45) is 0 Å². The van der Waals surface area contributed by atoms with Crippen molar-refractivity contribution in [2.45, 2.75) is 24.3 Å². The SMILES string of the molecule is CC(NC(=O)CCSc1ccccc1Cl)c1ccc(F)cc1. The van der Waals surface area contributed by atoms with Gasteiger partial charge in [0.2, 0.25) is 5.91 Å². The number of hydrogen-bond acceptors (Lipinski definition) is 2. The van der Waals surface area contributed by atoms with Gasteiger partial charge in [0.1, 0.15) is 5.82 Å². The molecule has 2 aromatic carbocycles. The van der Waals surface area contributed by atoms with Crippen LogP contribution >= 0.6 is 23.4 Å². The average Bonchev–Trinajstić information content (AvgIpc) is 2.50. The van der Waals surface area contributed by atoms with Crippen LogP contribution in [-0.4, -0.2) is 11.7 Å². The summed E-state index contributed by atoms with van der Waals surface area (Å²) in [7, 11) is 0. The van der Waals surface area contributed by atoms with Gasteiger partial charge in [-0.1, -0.05) is 35.9 Å². The van der Waals surface area contributed by atoms with E-state index in [9.17, 15) is 9.18 Å². The second-order valence-corrected chi connectivity index (χ2v) is 6.41. The van der Waals surface area contributed by atoms with Crippen LogP contribution in [0.3, 0.4) is 0 Å². The van der Waals surface area contributed by atoms with Crippen molar-refractivity contribution in [2.75, 3.05) is 5.75 Å². The van der Waals surface area contributed by atoms with Crippen LogP contribution in [0.5, 0.6) is 0 Å². The van der Waals surface area contributed by atoms with Gasteiger partial charge in [-0.05, 0) is 36.8 Å². The van der Waals surface area contributed by atoms with Gasteiger partial charge in [-0.25, -0.2) is 4.39 Å². The van der Waals surface area contributed by atoms with Crippen molar-refractivity contribution in [1.29, 1.82) is 0 Å². The second-order valence-electron chi connectivity index (χ2n) is 4.87. The summed E-state index contributed by atoms with van der Waals surface area (Å²) in [4.78, 5) is 12.9. The lowest BCUT2D eigenvalue weighted by Crippen LogP contribution is -2.26. The molecule has 0 aliphatic heterocycles. The average molecular weight is 338 g/mol. The summed E-state index contributed by atoms with van der Waals surface area (Å²) < 4.78 is 12.9. The Morgan fingerprint density at radius 3 is 2.59 bits per heavy atom. The van der Waals surface area contributed by atoms with E-state index in [2.05, 4.69) is 5.32 Å². The number of carbonyl (C=O) groups is 1. The number of rotatable bonds is 6. The number of halogens is 2. The Kier molecular flexibility index (Phi) is 6.28. The second kappa shape index (κ2) is 8.20. The molecular formula is C17H17ClFNOS. The predicted molar refractivity (Wildman–Crippen MR) is 89.8 cm³/mol. The van der Waals surface area contributed by atoms with Gasteiger partial charge in [0, 0.05) is 17.1 Å². The third-order valence-corrected chi connectivity index (χ3v) is 4.69. The quantitative estimate of drug-likeness (QED) is 0.764. The van der Waals surface area contributed by atoms with Crippen LogP contribution in [0.15, 0.2) is 53.4 Å². The van der Waals surface area contributed by atoms with Crippen molar-refractivity contribution in [1.82, 2.24) is 5.32 Å². The zero-order valence-corrected chi connectivity index (χ0v) is 13.8. The summed E-state index contributed by atoms with van der Waals surface area (Å²) in [6.07, 6.45) is 0.404. The van der Waals surface area contributed by atoms with Gasteiger partial charge in [-0.15, -0.1) is 11.8 Å². The van der Waals surface area contributed by atoms with E-state index in [0.717, 1.165) is 10.5 Å². The molecule has 0 aliphatic rings. The number of thioether (sulfide) groups is 1. The van der Waals surface area contributed by atoms with Crippen LogP contribution in [-0.2, 0) is 4.79 Å². The minimum atomic E-state index is -0.279. The minimum absolute atomic E-state index is 0.0311. The predicted octanol–water partition coefficient (Wildman–Crippen LogP) is 4.84. The lowest BCUT2D eigenvalue weighted by atomic mass is 10.1. The number of amides is 1. The van der Waals surface area contributed by atoms with Gasteiger partial charge >= 0.3 is 0 Å². The Morgan fingerprint density at radius 1 is 1.23 bits per heavy atom. The van der Waals surface area contributed by atoms with Crippen LogP contribution in [0.25, 0.3) is 0 Å². The van der Waals surface area contributed by atoms with Gasteiger partial charge in [-0.2, -0.15) is 0 Å². The first-order valence-corrected chi connectivity index (χ1v) is 8.35. The van der Waals surface area contributed by atoms with E-state index in [1.54, 1.807) is 23.9 Å². The third kappa shape index (κ3) is 5.04. The highest BCUT2D eigenvalue weighted by Gasteiger charge is 2.10. The normalized spacial score (nSPS) is 12.0. The third-order valence-electron chi connectivity index (χ3n) is 3.17. The standard InChI is InChI=1S/C17H17ClFNOS/c1-12(13-6-8-14(19)9-7-13)20-17(21)10-11-22-16-5-3-2-4-15(16)18/h2-9,12H,10-11H2,1H3,(H,20,21). The maximum atomic E-state index is 12.9. The first-order chi connectivity index (χ1) is 10.6. The number of nitrogens with one attached hydrogen (secondary N) is 1. The molecule has 1 N–H and O–H groups in total. The highest BCUT2D eigenvalue weighted by Crippen LogP contribution is 2.26. The van der Waals surface area contributed by atoms with Crippen molar-refractivity contribution in [3.63, 3.8) is 0 Å². The number of hydrogen-bond donors (Lipinski definition) is 1. The molecule has 0 radical (unpaired) electrons. The molecule has 5 heteroatoms. The van der Waals surface area contributed by atoms with E-state index in [-0.39, 0.29) is 17.8 Å².